The molecular formula is C10H19NO3. The molecule has 0 aliphatic rings. The van der Waals surface area contributed by atoms with E-state index in [9.17, 15) is 9.59 Å². The van der Waals surface area contributed by atoms with Crippen LogP contribution in [0.2, 0.25) is 0 Å². The molecule has 0 aromatic carbocycles. The van der Waals surface area contributed by atoms with Crippen LogP contribution in [0.1, 0.15) is 34.1 Å². The summed E-state index contributed by atoms with van der Waals surface area (Å²) in [6.07, 6.45) is 0.309. The molecule has 14 heavy (non-hydrogen) atoms. The van der Waals surface area contributed by atoms with E-state index in [4.69, 9.17) is 5.11 Å². The van der Waals surface area contributed by atoms with Crippen molar-refractivity contribution in [3.8, 4) is 0 Å². The van der Waals surface area contributed by atoms with E-state index in [1.54, 1.807) is 0 Å². The van der Waals surface area contributed by atoms with Gasteiger partial charge in [-0.1, -0.05) is 27.7 Å². The van der Waals surface area contributed by atoms with Gasteiger partial charge in [0.1, 0.15) is 6.29 Å². The van der Waals surface area contributed by atoms with Crippen molar-refractivity contribution in [2.24, 2.45) is 11.3 Å². The normalized spacial score (nSPS) is 15.7. The molecule has 0 aliphatic heterocycles. The van der Waals surface area contributed by atoms with Gasteiger partial charge in [-0.3, -0.25) is 0 Å². The van der Waals surface area contributed by atoms with Crippen molar-refractivity contribution in [2.45, 2.75) is 40.2 Å². The van der Waals surface area contributed by atoms with Crippen LogP contribution in [0.3, 0.4) is 0 Å². The van der Waals surface area contributed by atoms with E-state index in [1.165, 1.54) is 0 Å². The van der Waals surface area contributed by atoms with E-state index in [0.29, 0.717) is 6.29 Å². The summed E-state index contributed by atoms with van der Waals surface area (Å²) in [5, 5.41) is 10.7. The maximum atomic E-state index is 10.6. The highest BCUT2D eigenvalue weighted by Crippen LogP contribution is 2.25. The lowest BCUT2D eigenvalue weighted by Gasteiger charge is -2.26. The average Bonchev–Trinajstić information content (AvgIpc) is 1.96. The number of carboxylic acid groups (broad SMARTS) is 1. The van der Waals surface area contributed by atoms with Crippen molar-refractivity contribution in [1.82, 2.24) is 5.32 Å². The molecule has 0 heterocycles. The van der Waals surface area contributed by atoms with Crippen molar-refractivity contribution in [1.29, 1.82) is 0 Å². The fraction of sp³-hybridized carbons (Fsp3) is 0.800. The maximum absolute atomic E-state index is 10.6. The van der Waals surface area contributed by atoms with E-state index < -0.39 is 12.1 Å². The molecule has 0 saturated carbocycles. The summed E-state index contributed by atoms with van der Waals surface area (Å²) in [6.45, 7) is 8.06. The molecule has 0 radical (unpaired) electrons. The number of rotatable bonds is 4. The third-order valence-electron chi connectivity index (χ3n) is 1.98. The lowest BCUT2D eigenvalue weighted by molar-refractivity contribution is -0.110. The van der Waals surface area contributed by atoms with Crippen LogP contribution in [0.5, 0.6) is 0 Å². The van der Waals surface area contributed by atoms with Gasteiger partial charge in [-0.2, -0.15) is 0 Å². The minimum Gasteiger partial charge on any atom is -0.465 e. The Kier molecular flexibility index (Phi) is 4.60. The predicted molar refractivity (Wildman–Crippen MR) is 54.2 cm³/mol. The quantitative estimate of drug-likeness (QED) is 0.682. The molecule has 0 aromatic heterocycles. The molecule has 0 spiro atoms. The fourth-order valence-electron chi connectivity index (χ4n) is 1.55. The fourth-order valence-corrected chi connectivity index (χ4v) is 1.55. The van der Waals surface area contributed by atoms with Crippen LogP contribution in [0.25, 0.3) is 0 Å². The number of carbonyl (C=O) groups is 2. The van der Waals surface area contributed by atoms with Crippen LogP contribution in [0, 0.1) is 11.3 Å². The van der Waals surface area contributed by atoms with E-state index in [-0.39, 0.29) is 11.3 Å². The first-order valence-electron chi connectivity index (χ1n) is 4.71. The molecule has 2 unspecified atom stereocenters. The average molecular weight is 201 g/mol. The van der Waals surface area contributed by atoms with Gasteiger partial charge in [0.2, 0.25) is 0 Å². The van der Waals surface area contributed by atoms with E-state index in [1.807, 2.05) is 6.92 Å². The Labute approximate surface area is 84.7 Å². The monoisotopic (exact) mass is 201 g/mol. The second-order valence-electron chi connectivity index (χ2n) is 4.85. The molecule has 0 bridgehead atoms. The summed E-state index contributed by atoms with van der Waals surface area (Å²) in [4.78, 5) is 21.0. The first-order valence-corrected chi connectivity index (χ1v) is 4.71. The first kappa shape index (κ1) is 12.9. The molecule has 2 atom stereocenters. The number of carbonyl (C=O) groups excluding carboxylic acids is 1. The highest BCUT2D eigenvalue weighted by molar-refractivity contribution is 5.71. The molecule has 0 aromatic rings. The Bertz CT molecular complexity index is 208. The summed E-state index contributed by atoms with van der Waals surface area (Å²) in [6, 6.07) is -0.605. The minimum absolute atomic E-state index is 0.0172. The summed E-state index contributed by atoms with van der Waals surface area (Å²) >= 11 is 0. The van der Waals surface area contributed by atoms with Gasteiger partial charge in [-0.15, -0.1) is 0 Å². The Morgan fingerprint density at radius 1 is 1.50 bits per heavy atom. The molecule has 2 N–H and O–H groups in total. The maximum Gasteiger partial charge on any atom is 0.405 e. The standard InChI is InChI=1S/C10H19NO3/c1-7(5-10(2,3)4)8(6-12)11-9(13)14/h6-8,11H,5H2,1-4H3,(H,13,14). The summed E-state index contributed by atoms with van der Waals surface area (Å²) in [5.41, 5.74) is 0.0981. The Morgan fingerprint density at radius 2 is 2.00 bits per heavy atom. The molecule has 0 aliphatic carbocycles. The Hall–Kier alpha value is -1.06. The zero-order valence-electron chi connectivity index (χ0n) is 9.20. The smallest absolute Gasteiger partial charge is 0.405 e. The number of nitrogens with one attached hydrogen (secondary N) is 1. The molecule has 0 fully saturated rings. The molecule has 0 saturated heterocycles. The van der Waals surface area contributed by atoms with E-state index >= 15 is 0 Å². The first-order chi connectivity index (χ1) is 6.26. The highest BCUT2D eigenvalue weighted by Gasteiger charge is 2.23. The third kappa shape index (κ3) is 5.56. The van der Waals surface area contributed by atoms with Gasteiger partial charge in [0, 0.05) is 0 Å². The van der Waals surface area contributed by atoms with Crippen LogP contribution in [0.15, 0.2) is 0 Å². The summed E-state index contributed by atoms with van der Waals surface area (Å²) < 4.78 is 0. The van der Waals surface area contributed by atoms with Gasteiger partial charge < -0.3 is 15.2 Å². The van der Waals surface area contributed by atoms with Gasteiger partial charge in [0.15, 0.2) is 0 Å². The molecule has 4 nitrogen and oxygen atoms in total. The van der Waals surface area contributed by atoms with Crippen LogP contribution < -0.4 is 5.32 Å². The van der Waals surface area contributed by atoms with Crippen molar-refractivity contribution < 1.29 is 14.7 Å². The van der Waals surface area contributed by atoms with Crippen molar-refractivity contribution in [3.63, 3.8) is 0 Å². The Balaban J connectivity index is 4.24. The van der Waals surface area contributed by atoms with Crippen LogP contribution in [-0.4, -0.2) is 23.5 Å². The van der Waals surface area contributed by atoms with Crippen LogP contribution in [-0.2, 0) is 4.79 Å². The number of amides is 1. The van der Waals surface area contributed by atoms with Crippen molar-refractivity contribution in [2.75, 3.05) is 0 Å². The van der Waals surface area contributed by atoms with E-state index in [2.05, 4.69) is 26.1 Å². The lowest BCUT2D eigenvalue weighted by Crippen LogP contribution is -2.40. The molecular weight excluding hydrogens is 182 g/mol. The zero-order valence-corrected chi connectivity index (χ0v) is 9.20. The summed E-state index contributed by atoms with van der Waals surface area (Å²) in [7, 11) is 0. The minimum atomic E-state index is -1.15. The highest BCUT2D eigenvalue weighted by atomic mass is 16.4. The predicted octanol–water partition coefficient (Wildman–Crippen LogP) is 1.89. The second-order valence-corrected chi connectivity index (χ2v) is 4.85. The van der Waals surface area contributed by atoms with Crippen molar-refractivity contribution in [3.05, 3.63) is 0 Å². The van der Waals surface area contributed by atoms with Gasteiger partial charge in [-0.25, -0.2) is 4.79 Å². The Morgan fingerprint density at radius 3 is 2.29 bits per heavy atom. The molecule has 0 rings (SSSR count). The summed E-state index contributed by atoms with van der Waals surface area (Å²) in [5.74, 6) is 0.0172. The third-order valence-corrected chi connectivity index (χ3v) is 1.98. The van der Waals surface area contributed by atoms with Gasteiger partial charge in [0.05, 0.1) is 6.04 Å². The van der Waals surface area contributed by atoms with E-state index in [0.717, 1.165) is 6.42 Å². The van der Waals surface area contributed by atoms with Gasteiger partial charge >= 0.3 is 6.09 Å². The van der Waals surface area contributed by atoms with Crippen molar-refractivity contribution >= 4 is 12.4 Å². The van der Waals surface area contributed by atoms with Gasteiger partial charge in [-0.05, 0) is 17.8 Å². The molecule has 1 amide bonds. The zero-order chi connectivity index (χ0) is 11.4. The number of aldehydes is 1. The van der Waals surface area contributed by atoms with Gasteiger partial charge in [0.25, 0.3) is 0 Å². The molecule has 82 valence electrons. The topological polar surface area (TPSA) is 66.4 Å². The SMILES string of the molecule is CC(CC(C)(C)C)C(C=O)NC(=O)O. The van der Waals surface area contributed by atoms with Crippen LogP contribution >= 0.6 is 0 Å². The molecule has 4 heteroatoms. The lowest BCUT2D eigenvalue weighted by atomic mass is 9.82. The second kappa shape index (κ2) is 4.98. The number of hydrogen-bond acceptors (Lipinski definition) is 2. The van der Waals surface area contributed by atoms with Crippen LogP contribution in [0.4, 0.5) is 4.79 Å². The number of hydrogen-bond donors (Lipinski definition) is 2. The largest absolute Gasteiger partial charge is 0.465 e.